The van der Waals surface area contributed by atoms with Crippen molar-refractivity contribution in [2.75, 3.05) is 6.54 Å². The van der Waals surface area contributed by atoms with Crippen LogP contribution in [0.25, 0.3) is 0 Å². The molecule has 2 atom stereocenters. The van der Waals surface area contributed by atoms with Gasteiger partial charge in [0.1, 0.15) is 10.2 Å². The molecule has 2 aromatic carbocycles. The van der Waals surface area contributed by atoms with Crippen LogP contribution < -0.4 is 10.6 Å². The molecule has 2 aromatic rings. The molecule has 1 fully saturated rings. The van der Waals surface area contributed by atoms with Gasteiger partial charge in [0.15, 0.2) is 0 Å². The van der Waals surface area contributed by atoms with E-state index in [9.17, 15) is 14.0 Å². The maximum atomic E-state index is 13.0. The van der Waals surface area contributed by atoms with Gasteiger partial charge in [0.25, 0.3) is 0 Å². The van der Waals surface area contributed by atoms with Crippen molar-refractivity contribution in [2.24, 2.45) is 5.92 Å². The van der Waals surface area contributed by atoms with Crippen molar-refractivity contribution >= 4 is 81.4 Å². The van der Waals surface area contributed by atoms with Gasteiger partial charge < -0.3 is 10.6 Å². The number of carbonyl (C=O) groups excluding carboxylic acids is 2. The molecule has 2 unspecified atom stereocenters. The molecule has 196 valence electrons. The van der Waals surface area contributed by atoms with Crippen LogP contribution >= 0.6 is 69.6 Å². The Labute approximate surface area is 244 Å². The van der Waals surface area contributed by atoms with Crippen molar-refractivity contribution in [3.8, 4) is 0 Å². The Morgan fingerprint density at radius 3 is 2.27 bits per heavy atom. The lowest BCUT2D eigenvalue weighted by Gasteiger charge is -2.07. The molecule has 0 saturated heterocycles. The van der Waals surface area contributed by atoms with Crippen LogP contribution in [0.4, 0.5) is 4.39 Å². The second-order valence-corrected chi connectivity index (χ2v) is 11.4. The average Bonchev–Trinajstić information content (AvgIpc) is 3.43. The molecule has 37 heavy (non-hydrogen) atoms. The maximum Gasteiger partial charge on any atom is 0.248 e. The van der Waals surface area contributed by atoms with Crippen molar-refractivity contribution in [1.29, 1.82) is 0 Å². The largest absolute Gasteiger partial charge is 0.352 e. The number of allylic oxidation sites excluding steroid dienone is 3. The predicted molar refractivity (Wildman–Crippen MR) is 150 cm³/mol. The van der Waals surface area contributed by atoms with Gasteiger partial charge in [-0.2, -0.15) is 0 Å². The quantitative estimate of drug-likeness (QED) is 0.130. The molecule has 0 heterocycles. The topological polar surface area (TPSA) is 58.2 Å². The van der Waals surface area contributed by atoms with Gasteiger partial charge in [-0.3, -0.25) is 9.59 Å². The molecule has 3 rings (SSSR count). The summed E-state index contributed by atoms with van der Waals surface area (Å²) in [7, 11) is 0. The van der Waals surface area contributed by atoms with Crippen LogP contribution in [0.5, 0.6) is 0 Å². The van der Waals surface area contributed by atoms with Gasteiger partial charge in [0, 0.05) is 28.8 Å². The highest BCUT2D eigenvalue weighted by atomic mass is 35.5. The summed E-state index contributed by atoms with van der Waals surface area (Å²) >= 11 is 37.2. The molecule has 1 saturated carbocycles. The molecule has 0 bridgehead atoms. The third kappa shape index (κ3) is 7.44. The molecule has 11 heteroatoms. The lowest BCUT2D eigenvalue weighted by molar-refractivity contribution is -0.121. The van der Waals surface area contributed by atoms with Crippen LogP contribution in [0.3, 0.4) is 0 Å². The normalized spacial score (nSPS) is 18.8. The molecule has 1 aliphatic carbocycles. The summed E-state index contributed by atoms with van der Waals surface area (Å²) < 4.78 is 11.6. The summed E-state index contributed by atoms with van der Waals surface area (Å²) in [6.07, 6.45) is 3.43. The molecule has 0 radical (unpaired) electrons. The Morgan fingerprint density at radius 1 is 1.08 bits per heavy atom. The van der Waals surface area contributed by atoms with E-state index in [-0.39, 0.29) is 43.1 Å². The number of amides is 2. The summed E-state index contributed by atoms with van der Waals surface area (Å²) in [4.78, 5) is 25.2. The molecular weight excluding hydrogens is 604 g/mol. The SMILES string of the molecule is C=C(/C=C\C(Cl)=C(/C)C(=O)NCCc1ccc(F)cc1)NC(=O)C1C(c2cc(Cl)c(Cl)c(Cl)c2)C1(Cl)Cl. The van der Waals surface area contributed by atoms with Gasteiger partial charge in [-0.25, -0.2) is 4.39 Å². The number of nitrogens with one attached hydrogen (secondary N) is 2. The van der Waals surface area contributed by atoms with Crippen molar-refractivity contribution in [2.45, 2.75) is 23.6 Å². The first-order chi connectivity index (χ1) is 17.3. The molecule has 0 aromatic heterocycles. The highest BCUT2D eigenvalue weighted by Gasteiger charge is 2.67. The van der Waals surface area contributed by atoms with Crippen LogP contribution in [0.1, 0.15) is 24.0 Å². The van der Waals surface area contributed by atoms with E-state index in [1.807, 2.05) is 0 Å². The summed E-state index contributed by atoms with van der Waals surface area (Å²) in [5.41, 5.74) is 1.96. The third-order valence-electron chi connectivity index (χ3n) is 5.73. The number of rotatable bonds is 9. The van der Waals surface area contributed by atoms with Gasteiger partial charge in [-0.15, -0.1) is 23.2 Å². The smallest absolute Gasteiger partial charge is 0.248 e. The number of alkyl halides is 2. The fourth-order valence-corrected chi connectivity index (χ4v) is 5.20. The minimum absolute atomic E-state index is 0.161. The first-order valence-electron chi connectivity index (χ1n) is 10.9. The van der Waals surface area contributed by atoms with Crippen LogP contribution in [0, 0.1) is 11.7 Å². The van der Waals surface area contributed by atoms with Crippen LogP contribution in [0.15, 0.2) is 71.4 Å². The van der Waals surface area contributed by atoms with Gasteiger partial charge in [0.05, 0.1) is 21.0 Å². The first-order valence-corrected chi connectivity index (χ1v) is 13.2. The summed E-state index contributed by atoms with van der Waals surface area (Å²) in [6.45, 7) is 5.70. The number of halogens is 7. The van der Waals surface area contributed by atoms with E-state index in [0.717, 1.165) is 5.56 Å². The van der Waals surface area contributed by atoms with Crippen molar-refractivity contribution in [3.05, 3.63) is 103 Å². The van der Waals surface area contributed by atoms with Crippen molar-refractivity contribution < 1.29 is 14.0 Å². The van der Waals surface area contributed by atoms with E-state index in [1.54, 1.807) is 31.2 Å². The van der Waals surface area contributed by atoms with Crippen LogP contribution in [-0.4, -0.2) is 22.7 Å². The Kier molecular flexibility index (Phi) is 10.0. The lowest BCUT2D eigenvalue weighted by atomic mass is 10.1. The van der Waals surface area contributed by atoms with E-state index < -0.39 is 22.1 Å². The van der Waals surface area contributed by atoms with Gasteiger partial charge in [0.2, 0.25) is 11.8 Å². The van der Waals surface area contributed by atoms with E-state index in [4.69, 9.17) is 69.6 Å². The Balaban J connectivity index is 1.55. The second-order valence-electron chi connectivity index (χ2n) is 8.38. The van der Waals surface area contributed by atoms with E-state index >= 15 is 0 Å². The summed E-state index contributed by atoms with van der Waals surface area (Å²) in [6, 6.07) is 9.17. The summed E-state index contributed by atoms with van der Waals surface area (Å²) in [5, 5.41) is 6.19. The van der Waals surface area contributed by atoms with Crippen LogP contribution in [-0.2, 0) is 16.0 Å². The van der Waals surface area contributed by atoms with Gasteiger partial charge >= 0.3 is 0 Å². The zero-order valence-corrected chi connectivity index (χ0v) is 23.9. The average molecular weight is 625 g/mol. The van der Waals surface area contributed by atoms with Gasteiger partial charge in [-0.1, -0.05) is 65.1 Å². The molecular formula is C26H21Cl6FN2O2. The minimum atomic E-state index is -1.37. The number of hydrogen-bond acceptors (Lipinski definition) is 2. The Morgan fingerprint density at radius 2 is 1.68 bits per heavy atom. The third-order valence-corrected chi connectivity index (χ3v) is 8.27. The predicted octanol–water partition coefficient (Wildman–Crippen LogP) is 7.73. The molecule has 4 nitrogen and oxygen atoms in total. The minimum Gasteiger partial charge on any atom is -0.352 e. The lowest BCUT2D eigenvalue weighted by Crippen LogP contribution is -2.26. The zero-order chi connectivity index (χ0) is 27.5. The number of carbonyl (C=O) groups is 2. The molecule has 2 N–H and O–H groups in total. The Hall–Kier alpha value is -1.73. The number of benzene rings is 2. The first kappa shape index (κ1) is 29.8. The fourth-order valence-electron chi connectivity index (χ4n) is 3.61. The van der Waals surface area contributed by atoms with E-state index in [0.29, 0.717) is 18.5 Å². The molecule has 1 aliphatic rings. The van der Waals surface area contributed by atoms with Gasteiger partial charge in [-0.05, 0) is 60.9 Å². The maximum absolute atomic E-state index is 13.0. The summed E-state index contributed by atoms with van der Waals surface area (Å²) in [5.74, 6) is -2.47. The van der Waals surface area contributed by atoms with Crippen LogP contribution in [0.2, 0.25) is 15.1 Å². The van der Waals surface area contributed by atoms with Crippen molar-refractivity contribution in [1.82, 2.24) is 10.6 Å². The van der Waals surface area contributed by atoms with E-state index in [1.165, 1.54) is 24.3 Å². The fraction of sp³-hybridized carbons (Fsp3) is 0.231. The standard InChI is InChI=1S/C26H21Cl6FN2O2/c1-13(3-8-18(27)14(2)24(36)34-10-9-15-4-6-17(33)7-5-15)35-25(37)22-21(26(22,31)32)16-11-19(28)23(30)20(29)12-16/h3-8,11-12,21-22H,1,9-10H2,2H3,(H,34,36)(H,35,37)/b8-3-,18-14-. The molecule has 0 spiro atoms. The second kappa shape index (κ2) is 12.4. The molecule has 2 amide bonds. The van der Waals surface area contributed by atoms with E-state index in [2.05, 4.69) is 17.2 Å². The highest BCUT2D eigenvalue weighted by Crippen LogP contribution is 2.65. The monoisotopic (exact) mass is 622 g/mol. The highest BCUT2D eigenvalue weighted by molar-refractivity contribution is 6.53. The zero-order valence-electron chi connectivity index (χ0n) is 19.4. The van der Waals surface area contributed by atoms with Crippen molar-refractivity contribution in [3.63, 3.8) is 0 Å². The molecule has 0 aliphatic heterocycles. The number of hydrogen-bond donors (Lipinski definition) is 2. The Bertz CT molecular complexity index is 1270.